The van der Waals surface area contributed by atoms with Gasteiger partial charge >= 0.3 is 0 Å². The summed E-state index contributed by atoms with van der Waals surface area (Å²) in [5.41, 5.74) is -0.508. The van der Waals surface area contributed by atoms with E-state index in [2.05, 4.69) is 22.4 Å². The number of ketones is 1. The highest BCUT2D eigenvalue weighted by atomic mass is 16.5. The van der Waals surface area contributed by atoms with E-state index >= 15 is 0 Å². The molecule has 2 heterocycles. The van der Waals surface area contributed by atoms with E-state index in [0.717, 1.165) is 57.8 Å². The molecule has 30 heavy (non-hydrogen) atoms. The van der Waals surface area contributed by atoms with Crippen molar-refractivity contribution < 1.29 is 19.2 Å². The van der Waals surface area contributed by atoms with Crippen LogP contribution in [0.5, 0.6) is 0 Å². The van der Waals surface area contributed by atoms with Gasteiger partial charge in [0, 0.05) is 17.5 Å². The van der Waals surface area contributed by atoms with Crippen LogP contribution in [0, 0.1) is 0 Å². The monoisotopic (exact) mass is 418 g/mol. The fourth-order valence-corrected chi connectivity index (χ4v) is 5.41. The van der Waals surface area contributed by atoms with Gasteiger partial charge < -0.3 is 19.8 Å². The number of carbonyl (C=O) groups is 2. The van der Waals surface area contributed by atoms with Crippen LogP contribution in [0.15, 0.2) is 4.52 Å². The zero-order valence-corrected chi connectivity index (χ0v) is 18.0. The summed E-state index contributed by atoms with van der Waals surface area (Å²) in [6, 6.07) is -0.530. The molecular weight excluding hydrogens is 384 g/mol. The van der Waals surface area contributed by atoms with Crippen molar-refractivity contribution in [3.63, 3.8) is 0 Å². The van der Waals surface area contributed by atoms with Crippen LogP contribution in [0.1, 0.15) is 94.1 Å². The molecule has 0 spiro atoms. The number of hydrogen-bond acceptors (Lipinski definition) is 7. The highest BCUT2D eigenvalue weighted by Crippen LogP contribution is 2.38. The normalized spacial score (nSPS) is 25.5. The number of Topliss-reactive ketones (excluding diaryl/α,β-unsaturated/α-hetero) is 1. The lowest BCUT2D eigenvalue weighted by Gasteiger charge is -2.30. The molecule has 2 saturated carbocycles. The van der Waals surface area contributed by atoms with Gasteiger partial charge in [0.1, 0.15) is 0 Å². The molecular formula is C22H34N4O4. The molecule has 1 atom stereocenters. The van der Waals surface area contributed by atoms with E-state index in [-0.39, 0.29) is 41.6 Å². The lowest BCUT2D eigenvalue weighted by atomic mass is 9.75. The second kappa shape index (κ2) is 8.75. The molecule has 3 aliphatic rings. The molecule has 8 nitrogen and oxygen atoms in total. The number of nitrogens with one attached hydrogen (secondary N) is 1. The molecule has 1 aliphatic heterocycles. The van der Waals surface area contributed by atoms with Crippen LogP contribution in [-0.4, -0.2) is 63.1 Å². The van der Waals surface area contributed by atoms with Crippen molar-refractivity contribution >= 4 is 11.7 Å². The molecule has 0 bridgehead atoms. The number of aromatic nitrogens is 2. The number of hydrogen-bond donors (Lipinski definition) is 2. The number of carbonyl (C=O) groups excluding carboxylic acids is 2. The van der Waals surface area contributed by atoms with Crippen molar-refractivity contribution in [3.05, 3.63) is 11.7 Å². The summed E-state index contributed by atoms with van der Waals surface area (Å²) in [6.45, 7) is 2.86. The Morgan fingerprint density at radius 3 is 2.53 bits per heavy atom. The molecule has 1 unspecified atom stereocenters. The van der Waals surface area contributed by atoms with Crippen molar-refractivity contribution in [2.45, 2.75) is 94.5 Å². The average Bonchev–Trinajstić information content (AvgIpc) is 3.53. The van der Waals surface area contributed by atoms with Crippen molar-refractivity contribution in [3.8, 4) is 0 Å². The highest BCUT2D eigenvalue weighted by molar-refractivity contribution is 5.99. The maximum Gasteiger partial charge on any atom is 0.240 e. The summed E-state index contributed by atoms with van der Waals surface area (Å²) in [6.07, 6.45) is 10.8. The first-order valence-electron chi connectivity index (χ1n) is 11.5. The van der Waals surface area contributed by atoms with E-state index in [1.165, 1.54) is 6.42 Å². The number of rotatable bonds is 7. The molecule has 0 aromatic carbocycles. The van der Waals surface area contributed by atoms with Gasteiger partial charge in [0.2, 0.25) is 23.4 Å². The van der Waals surface area contributed by atoms with Crippen LogP contribution in [-0.2, 0) is 10.2 Å². The molecule has 1 saturated heterocycles. The molecule has 8 heteroatoms. The molecule has 2 aliphatic carbocycles. The van der Waals surface area contributed by atoms with Crippen molar-refractivity contribution in [1.82, 2.24) is 20.4 Å². The Hall–Kier alpha value is -1.80. The predicted octanol–water partition coefficient (Wildman–Crippen LogP) is 2.36. The largest absolute Gasteiger partial charge is 0.394 e. The average molecular weight is 419 g/mol. The molecule has 3 fully saturated rings. The summed E-state index contributed by atoms with van der Waals surface area (Å²) in [4.78, 5) is 32.1. The Kier molecular flexibility index (Phi) is 6.25. The number of nitrogens with zero attached hydrogens (tertiary/aromatic N) is 3. The zero-order chi connectivity index (χ0) is 21.2. The van der Waals surface area contributed by atoms with Crippen molar-refractivity contribution in [1.29, 1.82) is 0 Å². The first kappa shape index (κ1) is 21.4. The number of likely N-dealkylation sites (tertiary alicyclic amines) is 1. The summed E-state index contributed by atoms with van der Waals surface area (Å²) >= 11 is 0. The molecule has 2 N–H and O–H groups in total. The third-order valence-corrected chi connectivity index (χ3v) is 7.47. The van der Waals surface area contributed by atoms with Gasteiger partial charge in [-0.1, -0.05) is 44.2 Å². The third kappa shape index (κ3) is 4.17. The molecule has 1 aromatic rings. The summed E-state index contributed by atoms with van der Waals surface area (Å²) in [5, 5.41) is 17.0. The van der Waals surface area contributed by atoms with Gasteiger partial charge in [-0.05, 0) is 38.5 Å². The van der Waals surface area contributed by atoms with E-state index in [9.17, 15) is 14.7 Å². The lowest BCUT2D eigenvalue weighted by Crippen LogP contribution is -2.52. The van der Waals surface area contributed by atoms with Crippen LogP contribution in [0.3, 0.4) is 0 Å². The highest BCUT2D eigenvalue weighted by Gasteiger charge is 2.40. The van der Waals surface area contributed by atoms with E-state index in [1.807, 2.05) is 0 Å². The molecule has 0 radical (unpaired) electrons. The van der Waals surface area contributed by atoms with E-state index in [1.54, 1.807) is 4.90 Å². The van der Waals surface area contributed by atoms with Gasteiger partial charge in [-0.15, -0.1) is 0 Å². The third-order valence-electron chi connectivity index (χ3n) is 7.47. The molecule has 166 valence electrons. The smallest absolute Gasteiger partial charge is 0.240 e. The molecule has 4 rings (SSSR count). The van der Waals surface area contributed by atoms with Crippen LogP contribution in [0.2, 0.25) is 0 Å². The van der Waals surface area contributed by atoms with Crippen molar-refractivity contribution in [2.24, 2.45) is 0 Å². The lowest BCUT2D eigenvalue weighted by molar-refractivity contribution is -0.130. The topological polar surface area (TPSA) is 109 Å². The summed E-state index contributed by atoms with van der Waals surface area (Å²) < 4.78 is 5.50. The van der Waals surface area contributed by atoms with Gasteiger partial charge in [-0.2, -0.15) is 4.98 Å². The van der Waals surface area contributed by atoms with Gasteiger partial charge in [-0.25, -0.2) is 0 Å². The maximum atomic E-state index is 13.1. The summed E-state index contributed by atoms with van der Waals surface area (Å²) in [7, 11) is 0. The van der Waals surface area contributed by atoms with E-state index in [4.69, 9.17) is 4.52 Å². The predicted molar refractivity (Wildman–Crippen MR) is 110 cm³/mol. The minimum absolute atomic E-state index is 0.0348. The fourth-order valence-electron chi connectivity index (χ4n) is 5.41. The van der Waals surface area contributed by atoms with Gasteiger partial charge in [-0.3, -0.25) is 9.59 Å². The molecule has 1 aromatic heterocycles. The minimum Gasteiger partial charge on any atom is -0.394 e. The molecule has 1 amide bonds. The Morgan fingerprint density at radius 2 is 1.83 bits per heavy atom. The van der Waals surface area contributed by atoms with Crippen LogP contribution in [0.4, 0.5) is 0 Å². The SMILES string of the molecule is CC1(c2nc(C(=O)C3CCCN3C(=O)CNC3(CO)CCCC3)no2)CCCCC1. The number of amides is 1. The Balaban J connectivity index is 1.40. The van der Waals surface area contributed by atoms with Crippen LogP contribution < -0.4 is 5.32 Å². The quantitative estimate of drug-likeness (QED) is 0.654. The number of aliphatic hydroxyl groups excluding tert-OH is 1. The van der Waals surface area contributed by atoms with E-state index < -0.39 is 6.04 Å². The fraction of sp³-hybridized carbons (Fsp3) is 0.818. The van der Waals surface area contributed by atoms with Crippen LogP contribution >= 0.6 is 0 Å². The van der Waals surface area contributed by atoms with Gasteiger partial charge in [0.15, 0.2) is 0 Å². The maximum absolute atomic E-state index is 13.1. The van der Waals surface area contributed by atoms with Gasteiger partial charge in [0.25, 0.3) is 0 Å². The van der Waals surface area contributed by atoms with Crippen LogP contribution in [0.25, 0.3) is 0 Å². The summed E-state index contributed by atoms with van der Waals surface area (Å²) in [5.74, 6) is 0.313. The van der Waals surface area contributed by atoms with Gasteiger partial charge in [0.05, 0.1) is 19.2 Å². The van der Waals surface area contributed by atoms with Crippen molar-refractivity contribution in [2.75, 3.05) is 19.7 Å². The first-order valence-corrected chi connectivity index (χ1v) is 11.5. The Bertz CT molecular complexity index is 765. The first-order chi connectivity index (χ1) is 14.5. The second-order valence-corrected chi connectivity index (χ2v) is 9.65. The zero-order valence-electron chi connectivity index (χ0n) is 18.0. The Morgan fingerprint density at radius 1 is 1.13 bits per heavy atom. The van der Waals surface area contributed by atoms with E-state index in [0.29, 0.717) is 18.9 Å². The minimum atomic E-state index is -0.530. The second-order valence-electron chi connectivity index (χ2n) is 9.65. The standard InChI is InChI=1S/C22H34N4O4/c1-21(9-3-2-4-10-21)20-24-19(25-30-20)18(29)16-8-7-13-26(16)17(28)14-23-22(15-27)11-5-6-12-22/h16,23,27H,2-15H2,1H3. The number of aliphatic hydroxyl groups is 1. The Labute approximate surface area is 177 Å².